The topological polar surface area (TPSA) is 110 Å². The van der Waals surface area contributed by atoms with Gasteiger partial charge in [0.2, 0.25) is 5.88 Å². The van der Waals surface area contributed by atoms with Gasteiger partial charge in [0.1, 0.15) is 12.3 Å². The highest BCUT2D eigenvalue weighted by Crippen LogP contribution is 2.28. The first-order valence-corrected chi connectivity index (χ1v) is 14.6. The van der Waals surface area contributed by atoms with Crippen LogP contribution in [-0.4, -0.2) is 27.3 Å². The summed E-state index contributed by atoms with van der Waals surface area (Å²) in [4.78, 5) is 4.88. The number of rotatable bonds is 9. The van der Waals surface area contributed by atoms with Crippen LogP contribution in [0.4, 0.5) is 0 Å². The molecule has 0 saturated carbocycles. The van der Waals surface area contributed by atoms with Crippen LogP contribution in [0.5, 0.6) is 5.88 Å². The van der Waals surface area contributed by atoms with Gasteiger partial charge in [0.25, 0.3) is 10.0 Å². The zero-order valence-electron chi connectivity index (χ0n) is 22.7. The Morgan fingerprint density at radius 2 is 1.65 bits per heavy atom. The van der Waals surface area contributed by atoms with E-state index in [1.165, 1.54) is 3.97 Å². The van der Waals surface area contributed by atoms with Gasteiger partial charge in [0.15, 0.2) is 5.49 Å². The highest BCUT2D eigenvalue weighted by Gasteiger charge is 2.23. The fourth-order valence-corrected chi connectivity index (χ4v) is 6.07. The highest BCUT2D eigenvalue weighted by atomic mass is 32.2. The molecule has 5 rings (SSSR count). The van der Waals surface area contributed by atoms with E-state index in [2.05, 4.69) is 0 Å². The molecule has 2 aromatic heterocycles. The van der Waals surface area contributed by atoms with E-state index in [1.807, 2.05) is 63.2 Å². The van der Waals surface area contributed by atoms with Gasteiger partial charge in [0.05, 0.1) is 16.1 Å². The van der Waals surface area contributed by atoms with Crippen molar-refractivity contribution < 1.29 is 18.4 Å². The van der Waals surface area contributed by atoms with Crippen molar-refractivity contribution in [1.29, 1.82) is 5.41 Å². The Hall–Kier alpha value is -4.37. The zero-order chi connectivity index (χ0) is 28.4. The molecule has 0 aliphatic carbocycles. The molecule has 2 N–H and O–H groups in total. The SMILES string of the molecule is Cc1ccc(S(=O)(=O)n2cc(Cc3nc(OCc4ccccc4)c(CC(C)C)n(O)c3=N)c3ccccc32)cc1. The quantitative estimate of drug-likeness (QED) is 0.234. The molecular formula is C31H32N4O4S. The second-order valence-electron chi connectivity index (χ2n) is 10.3. The van der Waals surface area contributed by atoms with Gasteiger partial charge in [-0.15, -0.1) is 0 Å². The Bertz CT molecular complexity index is 1820. The lowest BCUT2D eigenvalue weighted by Gasteiger charge is -2.17. The predicted octanol–water partition coefficient (Wildman–Crippen LogP) is 5.47. The molecule has 0 aliphatic heterocycles. The summed E-state index contributed by atoms with van der Waals surface area (Å²) in [5.74, 6) is 0.441. The van der Waals surface area contributed by atoms with E-state index in [0.717, 1.165) is 21.2 Å². The Morgan fingerprint density at radius 1 is 0.975 bits per heavy atom. The van der Waals surface area contributed by atoms with Crippen LogP contribution in [0.3, 0.4) is 0 Å². The van der Waals surface area contributed by atoms with Crippen molar-refractivity contribution in [3.05, 3.63) is 119 Å². The van der Waals surface area contributed by atoms with E-state index in [-0.39, 0.29) is 40.9 Å². The molecule has 8 nitrogen and oxygen atoms in total. The summed E-state index contributed by atoms with van der Waals surface area (Å²) in [6.07, 6.45) is 2.17. The van der Waals surface area contributed by atoms with Gasteiger partial charge in [0, 0.05) is 18.0 Å². The second-order valence-corrected chi connectivity index (χ2v) is 12.1. The Morgan fingerprint density at radius 3 is 2.35 bits per heavy atom. The van der Waals surface area contributed by atoms with Crippen LogP contribution in [0.15, 0.2) is 90.0 Å². The summed E-state index contributed by atoms with van der Waals surface area (Å²) < 4.78 is 35.4. The number of para-hydroxylation sites is 1. The van der Waals surface area contributed by atoms with E-state index in [0.29, 0.717) is 23.2 Å². The number of hydrogen-bond acceptors (Lipinski definition) is 6. The van der Waals surface area contributed by atoms with Crippen LogP contribution >= 0.6 is 0 Å². The predicted molar refractivity (Wildman–Crippen MR) is 153 cm³/mol. The highest BCUT2D eigenvalue weighted by molar-refractivity contribution is 7.90. The Kier molecular flexibility index (Phi) is 7.49. The summed E-state index contributed by atoms with van der Waals surface area (Å²) in [7, 11) is -3.87. The number of hydrogen-bond donors (Lipinski definition) is 2. The Balaban J connectivity index is 1.58. The number of benzene rings is 3. The van der Waals surface area contributed by atoms with E-state index in [4.69, 9.17) is 15.1 Å². The van der Waals surface area contributed by atoms with Crippen LogP contribution in [0.1, 0.15) is 41.9 Å². The number of aryl methyl sites for hydroxylation is 1. The molecule has 0 spiro atoms. The average molecular weight is 557 g/mol. The van der Waals surface area contributed by atoms with E-state index in [9.17, 15) is 13.6 Å². The molecule has 9 heteroatoms. The molecule has 0 radical (unpaired) electrons. The zero-order valence-corrected chi connectivity index (χ0v) is 23.5. The van der Waals surface area contributed by atoms with Crippen molar-refractivity contribution in [1.82, 2.24) is 13.7 Å². The lowest BCUT2D eigenvalue weighted by Crippen LogP contribution is -2.29. The van der Waals surface area contributed by atoms with Gasteiger partial charge in [-0.25, -0.2) is 17.4 Å². The minimum Gasteiger partial charge on any atom is -0.471 e. The van der Waals surface area contributed by atoms with Gasteiger partial charge in [-0.2, -0.15) is 4.73 Å². The van der Waals surface area contributed by atoms with E-state index < -0.39 is 10.0 Å². The lowest BCUT2D eigenvalue weighted by atomic mass is 10.1. The summed E-state index contributed by atoms with van der Waals surface area (Å²) >= 11 is 0. The number of aromatic nitrogens is 3. The number of fused-ring (bicyclic) bond motifs is 1. The van der Waals surface area contributed by atoms with E-state index in [1.54, 1.807) is 42.6 Å². The van der Waals surface area contributed by atoms with Crippen molar-refractivity contribution in [3.8, 4) is 5.88 Å². The van der Waals surface area contributed by atoms with Crippen LogP contribution in [0.25, 0.3) is 10.9 Å². The monoisotopic (exact) mass is 556 g/mol. The third-order valence-electron chi connectivity index (χ3n) is 6.74. The first-order chi connectivity index (χ1) is 19.1. The largest absolute Gasteiger partial charge is 0.471 e. The molecule has 206 valence electrons. The summed E-state index contributed by atoms with van der Waals surface area (Å²) in [5.41, 5.74) is 3.63. The maximum absolute atomic E-state index is 13.6. The summed E-state index contributed by atoms with van der Waals surface area (Å²) in [6, 6.07) is 23.6. The van der Waals surface area contributed by atoms with Crippen molar-refractivity contribution in [2.45, 2.75) is 45.1 Å². The molecule has 0 unspecified atom stereocenters. The molecule has 3 aromatic carbocycles. The van der Waals surface area contributed by atoms with Crippen LogP contribution < -0.4 is 10.2 Å². The molecule has 0 fully saturated rings. The minimum atomic E-state index is -3.87. The van der Waals surface area contributed by atoms with Gasteiger partial charge >= 0.3 is 0 Å². The van der Waals surface area contributed by atoms with Gasteiger partial charge < -0.3 is 9.94 Å². The molecule has 40 heavy (non-hydrogen) atoms. The number of nitrogens with one attached hydrogen (secondary N) is 1. The maximum Gasteiger partial charge on any atom is 0.268 e. The molecule has 2 heterocycles. The third kappa shape index (κ3) is 5.37. The van der Waals surface area contributed by atoms with Crippen LogP contribution in [0, 0.1) is 18.3 Å². The second kappa shape index (κ2) is 11.0. The smallest absolute Gasteiger partial charge is 0.268 e. The number of ether oxygens (including phenoxy) is 1. The van der Waals surface area contributed by atoms with Gasteiger partial charge in [-0.1, -0.05) is 80.1 Å². The molecular weight excluding hydrogens is 524 g/mol. The van der Waals surface area contributed by atoms with Crippen molar-refractivity contribution in [3.63, 3.8) is 0 Å². The molecule has 0 amide bonds. The fourth-order valence-electron chi connectivity index (χ4n) is 4.68. The number of nitrogens with zero attached hydrogens (tertiary/aromatic N) is 3. The van der Waals surface area contributed by atoms with Crippen molar-refractivity contribution >= 4 is 20.9 Å². The third-order valence-corrected chi connectivity index (χ3v) is 8.43. The first-order valence-electron chi connectivity index (χ1n) is 13.1. The minimum absolute atomic E-state index is 0.125. The van der Waals surface area contributed by atoms with Crippen molar-refractivity contribution in [2.24, 2.45) is 5.92 Å². The van der Waals surface area contributed by atoms with Crippen LogP contribution in [-0.2, 0) is 29.5 Å². The molecule has 0 aliphatic rings. The lowest BCUT2D eigenvalue weighted by molar-refractivity contribution is 0.147. The molecule has 0 bridgehead atoms. The van der Waals surface area contributed by atoms with Gasteiger partial charge in [-0.05, 0) is 48.6 Å². The standard InChI is InChI=1S/C31H32N4O4S/c1-21(2)17-29-31(39-20-23-9-5-4-6-10-23)33-27(30(32)35(29)36)18-24-19-34(28-12-8-7-11-26(24)28)40(37,38)25-15-13-22(3)14-16-25/h4-16,19,21,32,36H,17-18,20H2,1-3H3. The Labute approximate surface area is 233 Å². The maximum atomic E-state index is 13.6. The fraction of sp³-hybridized carbons (Fsp3) is 0.226. The normalized spacial score (nSPS) is 11.8. The van der Waals surface area contributed by atoms with Crippen molar-refractivity contribution in [2.75, 3.05) is 0 Å². The first kappa shape index (κ1) is 27.2. The van der Waals surface area contributed by atoms with Crippen LogP contribution in [0.2, 0.25) is 0 Å². The molecule has 0 saturated heterocycles. The van der Waals surface area contributed by atoms with Gasteiger partial charge in [-0.3, -0.25) is 5.41 Å². The molecule has 5 aromatic rings. The summed E-state index contributed by atoms with van der Waals surface area (Å²) in [6.45, 7) is 6.19. The summed E-state index contributed by atoms with van der Waals surface area (Å²) in [5, 5.41) is 20.4. The molecule has 0 atom stereocenters. The van der Waals surface area contributed by atoms with E-state index >= 15 is 0 Å². The average Bonchev–Trinajstić information content (AvgIpc) is 3.32.